The van der Waals surface area contributed by atoms with Crippen molar-refractivity contribution in [3.63, 3.8) is 0 Å². The van der Waals surface area contributed by atoms with Gasteiger partial charge in [-0.3, -0.25) is 4.79 Å². The molecule has 0 aliphatic rings. The van der Waals surface area contributed by atoms with Gasteiger partial charge in [0.25, 0.3) is 5.22 Å². The van der Waals surface area contributed by atoms with E-state index in [1.165, 1.54) is 11.8 Å². The standard InChI is InChI=1S/C20H20N2O2S/c1-14(19(23)22(2)3)25-20-21-17(15-10-6-4-7-11-15)18(24-20)16-12-8-5-9-13-16/h4-14H,1-3H3. The fourth-order valence-electron chi connectivity index (χ4n) is 2.49. The van der Waals surface area contributed by atoms with Gasteiger partial charge in [-0.05, 0) is 6.92 Å². The smallest absolute Gasteiger partial charge is 0.257 e. The summed E-state index contributed by atoms with van der Waals surface area (Å²) >= 11 is 1.34. The van der Waals surface area contributed by atoms with Crippen molar-refractivity contribution in [1.29, 1.82) is 0 Å². The van der Waals surface area contributed by atoms with Gasteiger partial charge in [-0.25, -0.2) is 4.98 Å². The van der Waals surface area contributed by atoms with Gasteiger partial charge in [-0.2, -0.15) is 0 Å². The Balaban J connectivity index is 1.99. The molecule has 0 saturated carbocycles. The number of hydrogen-bond donors (Lipinski definition) is 0. The maximum atomic E-state index is 12.1. The Morgan fingerprint density at radius 3 is 2.12 bits per heavy atom. The first kappa shape index (κ1) is 17.3. The molecule has 0 aliphatic carbocycles. The quantitative estimate of drug-likeness (QED) is 0.631. The van der Waals surface area contributed by atoms with Crippen LogP contribution < -0.4 is 0 Å². The molecule has 1 amide bonds. The summed E-state index contributed by atoms with van der Waals surface area (Å²) in [4.78, 5) is 18.4. The highest BCUT2D eigenvalue weighted by atomic mass is 32.2. The average molecular weight is 352 g/mol. The molecule has 128 valence electrons. The van der Waals surface area contributed by atoms with Crippen LogP contribution in [0.25, 0.3) is 22.6 Å². The molecule has 3 aromatic rings. The number of nitrogens with zero attached hydrogens (tertiary/aromatic N) is 2. The van der Waals surface area contributed by atoms with Crippen LogP contribution in [0.15, 0.2) is 70.3 Å². The summed E-state index contributed by atoms with van der Waals surface area (Å²) in [6.45, 7) is 1.86. The molecule has 0 spiro atoms. The minimum Gasteiger partial charge on any atom is -0.431 e. The molecular weight excluding hydrogens is 332 g/mol. The number of carbonyl (C=O) groups excluding carboxylic acids is 1. The van der Waals surface area contributed by atoms with E-state index in [2.05, 4.69) is 4.98 Å². The summed E-state index contributed by atoms with van der Waals surface area (Å²) in [6, 6.07) is 19.8. The van der Waals surface area contributed by atoms with E-state index in [9.17, 15) is 4.79 Å². The topological polar surface area (TPSA) is 46.3 Å². The number of hydrogen-bond acceptors (Lipinski definition) is 4. The number of rotatable bonds is 5. The lowest BCUT2D eigenvalue weighted by Crippen LogP contribution is -2.29. The van der Waals surface area contributed by atoms with E-state index in [0.29, 0.717) is 5.22 Å². The van der Waals surface area contributed by atoms with Gasteiger partial charge < -0.3 is 9.32 Å². The van der Waals surface area contributed by atoms with E-state index in [1.54, 1.807) is 19.0 Å². The maximum absolute atomic E-state index is 12.1. The number of thioether (sulfide) groups is 1. The molecule has 1 heterocycles. The Labute approximate surface area is 151 Å². The van der Waals surface area contributed by atoms with Crippen molar-refractivity contribution >= 4 is 17.7 Å². The average Bonchev–Trinajstić information content (AvgIpc) is 3.06. The highest BCUT2D eigenvalue weighted by molar-refractivity contribution is 8.00. The number of oxazole rings is 1. The second-order valence-corrected chi connectivity index (χ2v) is 7.17. The molecule has 0 N–H and O–H groups in total. The lowest BCUT2D eigenvalue weighted by atomic mass is 10.1. The zero-order valence-corrected chi connectivity index (χ0v) is 15.3. The van der Waals surface area contributed by atoms with Crippen LogP contribution in [0.3, 0.4) is 0 Å². The van der Waals surface area contributed by atoms with Gasteiger partial charge in [0.15, 0.2) is 5.76 Å². The minimum absolute atomic E-state index is 0.0331. The van der Waals surface area contributed by atoms with Gasteiger partial charge in [-0.15, -0.1) is 0 Å². The Morgan fingerprint density at radius 1 is 1.00 bits per heavy atom. The third kappa shape index (κ3) is 3.94. The van der Waals surface area contributed by atoms with Crippen molar-refractivity contribution in [1.82, 2.24) is 9.88 Å². The molecule has 0 bridgehead atoms. The van der Waals surface area contributed by atoms with E-state index < -0.39 is 0 Å². The minimum atomic E-state index is -0.263. The fraction of sp³-hybridized carbons (Fsp3) is 0.200. The van der Waals surface area contributed by atoms with Crippen molar-refractivity contribution in [2.24, 2.45) is 0 Å². The zero-order chi connectivity index (χ0) is 17.8. The third-order valence-corrected chi connectivity index (χ3v) is 4.69. The predicted molar refractivity (Wildman–Crippen MR) is 101 cm³/mol. The molecule has 5 heteroatoms. The third-order valence-electron chi connectivity index (χ3n) is 3.76. The van der Waals surface area contributed by atoms with Crippen LogP contribution in [0, 0.1) is 0 Å². The van der Waals surface area contributed by atoms with Gasteiger partial charge in [0.1, 0.15) is 5.69 Å². The summed E-state index contributed by atoms with van der Waals surface area (Å²) in [7, 11) is 3.50. The number of aromatic nitrogens is 1. The molecule has 3 rings (SSSR count). The van der Waals surface area contributed by atoms with Crippen molar-refractivity contribution in [2.45, 2.75) is 17.4 Å². The van der Waals surface area contributed by atoms with Crippen LogP contribution in [0.4, 0.5) is 0 Å². The monoisotopic (exact) mass is 352 g/mol. The Kier molecular flexibility index (Phi) is 5.24. The fourth-order valence-corrected chi connectivity index (χ4v) is 3.38. The van der Waals surface area contributed by atoms with Crippen LogP contribution in [-0.4, -0.2) is 35.1 Å². The zero-order valence-electron chi connectivity index (χ0n) is 14.5. The first-order chi connectivity index (χ1) is 12.1. The molecule has 0 radical (unpaired) electrons. The molecule has 4 nitrogen and oxygen atoms in total. The Bertz CT molecular complexity index is 788. The van der Waals surface area contributed by atoms with Crippen LogP contribution in [-0.2, 0) is 4.79 Å². The van der Waals surface area contributed by atoms with Gasteiger partial charge in [0.05, 0.1) is 5.25 Å². The van der Waals surface area contributed by atoms with E-state index >= 15 is 0 Å². The van der Waals surface area contributed by atoms with E-state index in [4.69, 9.17) is 4.42 Å². The Hall–Kier alpha value is -2.53. The summed E-state index contributed by atoms with van der Waals surface area (Å²) in [6.07, 6.45) is 0. The van der Waals surface area contributed by atoms with Crippen molar-refractivity contribution in [3.05, 3.63) is 60.7 Å². The molecule has 2 aromatic carbocycles. The normalized spacial score (nSPS) is 12.0. The molecular formula is C20H20N2O2S. The highest BCUT2D eigenvalue weighted by Crippen LogP contribution is 2.36. The largest absolute Gasteiger partial charge is 0.431 e. The van der Waals surface area contributed by atoms with E-state index in [-0.39, 0.29) is 11.2 Å². The molecule has 0 aliphatic heterocycles. The van der Waals surface area contributed by atoms with Crippen molar-refractivity contribution in [2.75, 3.05) is 14.1 Å². The summed E-state index contributed by atoms with van der Waals surface area (Å²) < 4.78 is 6.04. The first-order valence-corrected chi connectivity index (χ1v) is 8.93. The molecule has 1 unspecified atom stereocenters. The molecule has 25 heavy (non-hydrogen) atoms. The first-order valence-electron chi connectivity index (χ1n) is 8.05. The summed E-state index contributed by atoms with van der Waals surface area (Å²) in [5.41, 5.74) is 2.75. The SMILES string of the molecule is CC(Sc1nc(-c2ccccc2)c(-c2ccccc2)o1)C(=O)N(C)C. The van der Waals surface area contributed by atoms with E-state index in [0.717, 1.165) is 22.6 Å². The van der Waals surface area contributed by atoms with Crippen LogP contribution >= 0.6 is 11.8 Å². The lowest BCUT2D eigenvalue weighted by Gasteiger charge is -2.14. The number of carbonyl (C=O) groups is 1. The van der Waals surface area contributed by atoms with Crippen molar-refractivity contribution in [3.8, 4) is 22.6 Å². The Morgan fingerprint density at radius 2 is 1.56 bits per heavy atom. The lowest BCUT2D eigenvalue weighted by molar-refractivity contribution is -0.127. The second kappa shape index (κ2) is 7.57. The number of amides is 1. The molecule has 1 atom stereocenters. The summed E-state index contributed by atoms with van der Waals surface area (Å²) in [5.74, 6) is 0.754. The van der Waals surface area contributed by atoms with Gasteiger partial charge in [-0.1, -0.05) is 72.4 Å². The predicted octanol–water partition coefficient (Wildman–Crippen LogP) is 4.58. The van der Waals surface area contributed by atoms with Crippen molar-refractivity contribution < 1.29 is 9.21 Å². The second-order valence-electron chi connectivity index (χ2n) is 5.88. The van der Waals surface area contributed by atoms with Gasteiger partial charge in [0.2, 0.25) is 5.91 Å². The summed E-state index contributed by atoms with van der Waals surface area (Å²) in [5, 5.41) is 0.237. The molecule has 1 aromatic heterocycles. The van der Waals surface area contributed by atoms with Gasteiger partial charge in [0, 0.05) is 25.2 Å². The van der Waals surface area contributed by atoms with Crippen LogP contribution in [0.5, 0.6) is 0 Å². The van der Waals surface area contributed by atoms with Gasteiger partial charge >= 0.3 is 0 Å². The van der Waals surface area contributed by atoms with E-state index in [1.807, 2.05) is 67.6 Å². The van der Waals surface area contributed by atoms with Crippen LogP contribution in [0.2, 0.25) is 0 Å². The number of benzene rings is 2. The highest BCUT2D eigenvalue weighted by Gasteiger charge is 2.22. The maximum Gasteiger partial charge on any atom is 0.257 e. The molecule has 0 saturated heterocycles. The molecule has 0 fully saturated rings. The van der Waals surface area contributed by atoms with Crippen LogP contribution in [0.1, 0.15) is 6.92 Å².